The molecule has 0 aromatic carbocycles. The van der Waals surface area contributed by atoms with E-state index >= 15 is 0 Å². The molecule has 1 saturated heterocycles. The average Bonchev–Trinajstić information content (AvgIpc) is 2.52. The zero-order valence-corrected chi connectivity index (χ0v) is 13.5. The van der Waals surface area contributed by atoms with E-state index in [-0.39, 0.29) is 5.91 Å². The van der Waals surface area contributed by atoms with Crippen molar-refractivity contribution in [1.29, 1.82) is 0 Å². The van der Waals surface area contributed by atoms with Crippen molar-refractivity contribution in [2.75, 3.05) is 50.7 Å². The monoisotopic (exact) mass is 310 g/mol. The summed E-state index contributed by atoms with van der Waals surface area (Å²) < 4.78 is 0. The number of pyridine rings is 1. The fourth-order valence-corrected chi connectivity index (χ4v) is 2.71. The van der Waals surface area contributed by atoms with Gasteiger partial charge in [0.1, 0.15) is 5.15 Å². The zero-order valence-electron chi connectivity index (χ0n) is 12.8. The summed E-state index contributed by atoms with van der Waals surface area (Å²) in [5.74, 6) is 0.228. The van der Waals surface area contributed by atoms with Gasteiger partial charge in [0.15, 0.2) is 0 Å². The lowest BCUT2D eigenvalue weighted by Crippen LogP contribution is -2.51. The van der Waals surface area contributed by atoms with Gasteiger partial charge in [0.25, 0.3) is 0 Å². The van der Waals surface area contributed by atoms with E-state index in [0.29, 0.717) is 11.7 Å². The molecule has 1 fully saturated rings. The van der Waals surface area contributed by atoms with Crippen molar-refractivity contribution in [1.82, 2.24) is 14.8 Å². The van der Waals surface area contributed by atoms with Gasteiger partial charge in [0, 0.05) is 38.1 Å². The Morgan fingerprint density at radius 2 is 1.95 bits per heavy atom. The second kappa shape index (κ2) is 7.61. The predicted molar refractivity (Wildman–Crippen MR) is 85.8 cm³/mol. The zero-order chi connectivity index (χ0) is 15.2. The minimum absolute atomic E-state index is 0.228. The van der Waals surface area contributed by atoms with Crippen LogP contribution in [0.4, 0.5) is 5.69 Å². The predicted octanol–water partition coefficient (Wildman–Crippen LogP) is 1.73. The fourth-order valence-electron chi connectivity index (χ4n) is 2.54. The molecular weight excluding hydrogens is 288 g/mol. The minimum Gasteiger partial charge on any atom is -0.368 e. The van der Waals surface area contributed by atoms with E-state index in [9.17, 15) is 4.79 Å². The van der Waals surface area contributed by atoms with Crippen LogP contribution in [-0.2, 0) is 4.79 Å². The fraction of sp³-hybridized carbons (Fsp3) is 0.600. The summed E-state index contributed by atoms with van der Waals surface area (Å²) in [7, 11) is 0. The minimum atomic E-state index is 0.228. The summed E-state index contributed by atoms with van der Waals surface area (Å²) in [4.78, 5) is 22.6. The molecule has 0 radical (unpaired) electrons. The van der Waals surface area contributed by atoms with Crippen molar-refractivity contribution in [3.63, 3.8) is 0 Å². The van der Waals surface area contributed by atoms with Gasteiger partial charge in [-0.2, -0.15) is 0 Å². The van der Waals surface area contributed by atoms with Crippen molar-refractivity contribution in [2.24, 2.45) is 0 Å². The van der Waals surface area contributed by atoms with Crippen molar-refractivity contribution in [3.8, 4) is 0 Å². The van der Waals surface area contributed by atoms with Crippen molar-refractivity contribution in [2.45, 2.75) is 13.8 Å². The molecule has 5 nitrogen and oxygen atoms in total. The standard InChI is InChI=1S/C15H23ClN4O/c1-3-18(4-2)12-15(21)20-9-7-19(8-10-20)13-5-6-17-14(16)11-13/h5-6,11H,3-4,7-10,12H2,1-2H3. The maximum atomic E-state index is 12.3. The maximum absolute atomic E-state index is 12.3. The first-order chi connectivity index (χ1) is 10.1. The highest BCUT2D eigenvalue weighted by atomic mass is 35.5. The summed E-state index contributed by atoms with van der Waals surface area (Å²) in [6.45, 7) is 9.72. The van der Waals surface area contributed by atoms with Gasteiger partial charge in [-0.1, -0.05) is 25.4 Å². The Bertz CT molecular complexity index is 470. The number of hydrogen-bond donors (Lipinski definition) is 0. The Hall–Kier alpha value is -1.33. The van der Waals surface area contributed by atoms with Crippen LogP contribution in [0.5, 0.6) is 0 Å². The number of piperazine rings is 1. The van der Waals surface area contributed by atoms with Crippen molar-refractivity contribution >= 4 is 23.2 Å². The lowest BCUT2D eigenvalue weighted by molar-refractivity contribution is -0.132. The third-order valence-corrected chi connectivity index (χ3v) is 4.17. The van der Waals surface area contributed by atoms with E-state index in [2.05, 4.69) is 28.6 Å². The molecule has 21 heavy (non-hydrogen) atoms. The van der Waals surface area contributed by atoms with Crippen LogP contribution in [0.15, 0.2) is 18.3 Å². The number of halogens is 1. The van der Waals surface area contributed by atoms with E-state index in [4.69, 9.17) is 11.6 Å². The summed E-state index contributed by atoms with van der Waals surface area (Å²) >= 11 is 5.92. The van der Waals surface area contributed by atoms with Gasteiger partial charge in [0.2, 0.25) is 5.91 Å². The Morgan fingerprint density at radius 3 is 2.52 bits per heavy atom. The van der Waals surface area contributed by atoms with Crippen molar-refractivity contribution in [3.05, 3.63) is 23.5 Å². The summed E-state index contributed by atoms with van der Waals surface area (Å²) in [6, 6.07) is 3.83. The molecule has 0 atom stereocenters. The molecule has 1 aliphatic heterocycles. The number of hydrogen-bond acceptors (Lipinski definition) is 4. The Labute approximate surface area is 131 Å². The molecule has 0 unspecified atom stereocenters. The van der Waals surface area contributed by atoms with Crippen LogP contribution in [-0.4, -0.2) is 66.5 Å². The molecule has 0 spiro atoms. The summed E-state index contributed by atoms with van der Waals surface area (Å²) in [6.07, 6.45) is 1.72. The van der Waals surface area contributed by atoms with Crippen LogP contribution in [0.2, 0.25) is 5.15 Å². The van der Waals surface area contributed by atoms with Crippen LogP contribution in [0.3, 0.4) is 0 Å². The smallest absolute Gasteiger partial charge is 0.236 e. The van der Waals surface area contributed by atoms with Crippen LogP contribution < -0.4 is 4.90 Å². The molecule has 1 aromatic rings. The van der Waals surface area contributed by atoms with Gasteiger partial charge < -0.3 is 9.80 Å². The third-order valence-electron chi connectivity index (χ3n) is 3.96. The first-order valence-corrected chi connectivity index (χ1v) is 7.88. The number of nitrogens with zero attached hydrogens (tertiary/aromatic N) is 4. The Morgan fingerprint density at radius 1 is 1.29 bits per heavy atom. The number of carbonyl (C=O) groups excluding carboxylic acids is 1. The van der Waals surface area contributed by atoms with E-state index < -0.39 is 0 Å². The second-order valence-corrected chi connectivity index (χ2v) is 5.55. The largest absolute Gasteiger partial charge is 0.368 e. The number of carbonyl (C=O) groups is 1. The molecule has 0 N–H and O–H groups in total. The van der Waals surface area contributed by atoms with Crippen LogP contribution in [0.1, 0.15) is 13.8 Å². The summed E-state index contributed by atoms with van der Waals surface area (Å²) in [5, 5.41) is 0.507. The highest BCUT2D eigenvalue weighted by Crippen LogP contribution is 2.19. The highest BCUT2D eigenvalue weighted by Gasteiger charge is 2.22. The van der Waals surface area contributed by atoms with Crippen molar-refractivity contribution < 1.29 is 4.79 Å². The SMILES string of the molecule is CCN(CC)CC(=O)N1CCN(c2ccnc(Cl)c2)CC1. The third kappa shape index (κ3) is 4.32. The maximum Gasteiger partial charge on any atom is 0.236 e. The Kier molecular flexibility index (Phi) is 5.82. The first kappa shape index (κ1) is 16.0. The number of anilines is 1. The molecule has 0 bridgehead atoms. The number of rotatable bonds is 5. The Balaban J connectivity index is 1.87. The molecule has 1 aliphatic rings. The van der Waals surface area contributed by atoms with Gasteiger partial charge in [-0.25, -0.2) is 4.98 Å². The van der Waals surface area contributed by atoms with Gasteiger partial charge in [-0.05, 0) is 25.2 Å². The van der Waals surface area contributed by atoms with E-state index in [1.54, 1.807) is 6.20 Å². The van der Waals surface area contributed by atoms with Gasteiger partial charge in [-0.3, -0.25) is 9.69 Å². The molecule has 6 heteroatoms. The van der Waals surface area contributed by atoms with Gasteiger partial charge in [0.05, 0.1) is 6.54 Å². The van der Waals surface area contributed by atoms with Crippen LogP contribution >= 0.6 is 11.6 Å². The number of likely N-dealkylation sites (N-methyl/N-ethyl adjacent to an activating group) is 1. The second-order valence-electron chi connectivity index (χ2n) is 5.17. The molecule has 1 amide bonds. The summed E-state index contributed by atoms with van der Waals surface area (Å²) in [5.41, 5.74) is 1.07. The van der Waals surface area contributed by atoms with E-state index in [1.807, 2.05) is 17.0 Å². The first-order valence-electron chi connectivity index (χ1n) is 7.50. The molecule has 2 heterocycles. The molecule has 116 valence electrons. The van der Waals surface area contributed by atoms with E-state index in [1.165, 1.54) is 0 Å². The lowest BCUT2D eigenvalue weighted by Gasteiger charge is -2.36. The highest BCUT2D eigenvalue weighted by molar-refractivity contribution is 6.29. The van der Waals surface area contributed by atoms with Gasteiger partial charge >= 0.3 is 0 Å². The molecule has 2 rings (SSSR count). The quantitative estimate of drug-likeness (QED) is 0.777. The number of aromatic nitrogens is 1. The normalized spacial score (nSPS) is 15.6. The molecule has 0 saturated carbocycles. The average molecular weight is 311 g/mol. The molecular formula is C15H23ClN4O. The lowest BCUT2D eigenvalue weighted by atomic mass is 10.2. The van der Waals surface area contributed by atoms with Crippen LogP contribution in [0, 0.1) is 0 Å². The molecule has 1 aromatic heterocycles. The van der Waals surface area contributed by atoms with Crippen LogP contribution in [0.25, 0.3) is 0 Å². The number of amides is 1. The van der Waals surface area contributed by atoms with E-state index in [0.717, 1.165) is 45.0 Å². The molecule has 0 aliphatic carbocycles. The van der Waals surface area contributed by atoms with Gasteiger partial charge in [-0.15, -0.1) is 0 Å². The topological polar surface area (TPSA) is 39.7 Å².